The summed E-state index contributed by atoms with van der Waals surface area (Å²) >= 11 is 0. The number of anilines is 4. The predicted octanol–water partition coefficient (Wildman–Crippen LogP) is 7.55. The van der Waals surface area contributed by atoms with Crippen LogP contribution in [0.5, 0.6) is 11.5 Å². The molecular formula is C90H99F5N22O14. The van der Waals surface area contributed by atoms with Gasteiger partial charge in [-0.15, -0.1) is 0 Å². The average Bonchev–Trinajstić information content (AvgIpc) is 1.59. The molecule has 10 aromatic rings. The molecule has 16 heterocycles. The molecule has 41 heteroatoms. The van der Waals surface area contributed by atoms with Gasteiger partial charge in [-0.25, -0.2) is 50.5 Å². The van der Waals surface area contributed by atoms with Crippen molar-refractivity contribution in [2.75, 3.05) is 107 Å². The number of carbonyl (C=O) groups is 6. The molecule has 8 saturated heterocycles. The molecule has 4 N–H and O–H groups in total. The smallest absolute Gasteiger partial charge is 0.329 e. The molecule has 4 unspecified atom stereocenters. The van der Waals surface area contributed by atoms with Gasteiger partial charge in [0.15, 0.2) is 22.7 Å². The average molecular weight is 1810 g/mol. The molecule has 131 heavy (non-hydrogen) atoms. The molecule has 2 aliphatic carbocycles. The van der Waals surface area contributed by atoms with E-state index in [1.54, 1.807) is 61.5 Å². The zero-order chi connectivity index (χ0) is 90.5. The normalized spacial score (nSPS) is 26.1. The van der Waals surface area contributed by atoms with Gasteiger partial charge in [0.25, 0.3) is 24.7 Å². The van der Waals surface area contributed by atoms with E-state index in [-0.39, 0.29) is 133 Å². The molecule has 12 atom stereocenters. The van der Waals surface area contributed by atoms with Crippen LogP contribution in [0.1, 0.15) is 183 Å². The van der Waals surface area contributed by atoms with Crippen LogP contribution in [0, 0.1) is 41.4 Å². The van der Waals surface area contributed by atoms with Crippen molar-refractivity contribution in [1.29, 1.82) is 0 Å². The molecule has 20 rings (SSSR count). The Bertz CT molecular complexity index is 6430. The van der Waals surface area contributed by atoms with E-state index in [1.165, 1.54) is 71.0 Å². The number of rotatable bonds is 23. The molecule has 0 spiro atoms. The fourth-order valence-electron chi connectivity index (χ4n) is 21.8. The lowest BCUT2D eigenvalue weighted by atomic mass is 9.73. The number of aryl methyl sites for hydroxylation is 2. The standard InChI is InChI=1S/C90H99F5N22O14/c1-106-78-55(69(126-3)19-15-64(78)116(89(106)124)66-17-21-74(118)102-87(66)122)7-5-33-128-52-23-28-108(29-24-52)41-49-11-14-63(115-46-62(77(105-115)82(94)95)99-86(121)58-38-96-112-31-26-72(100-83(58)112)110-42-53-36-51(110)47-130-53)57(35-49)80-68-37-54(131-80)43-111(68)73-27-32-113-84(101-73)59(39-97-113)85(120)98-61-45-114(104-76(61)81(92)93)50-12-9-48(10-13-50)40-109-30-25-71(60(91)44-109)129-34-6-8-56-70(127-4)20-16-65-79(56)107(2)90(125)117(65)67-18-22-75(119)103-88(67)123/h15-16,19-20,26-27,31-32,38-39,45-46,48-54,57,60,63,66-68,71,80-82H,9-14,17-18,21-25,28-30,33-37,40-44,47H2,1-4H3,(H,98,120)(H,99,121)(H,102,118,122)(H,103,119,123)/t48?,49-,50?,51-,53-,54-,57?,60+,63-,66?,67?,68-,71-,80?/m1/s1. The topological polar surface area (TPSA) is 369 Å². The summed E-state index contributed by atoms with van der Waals surface area (Å²) in [4.78, 5) is 125. The largest absolute Gasteiger partial charge is 0.495 e. The Morgan fingerprint density at radius 1 is 0.580 bits per heavy atom. The van der Waals surface area contributed by atoms with Crippen molar-refractivity contribution in [3.8, 4) is 35.2 Å². The number of nitrogens with zero attached hydrogens (tertiary/aromatic N) is 18. The van der Waals surface area contributed by atoms with Crippen LogP contribution in [0.15, 0.2) is 83.2 Å². The number of benzene rings is 2. The number of methoxy groups -OCH3 is 2. The van der Waals surface area contributed by atoms with Crippen molar-refractivity contribution in [1.82, 2.24) is 87.5 Å². The highest BCUT2D eigenvalue weighted by Crippen LogP contribution is 2.50. The summed E-state index contributed by atoms with van der Waals surface area (Å²) in [6.45, 7) is 5.14. The monoisotopic (exact) mass is 1810 g/mol. The molecule has 2 aromatic carbocycles. The number of piperidine rings is 4. The summed E-state index contributed by atoms with van der Waals surface area (Å²) in [5.41, 5.74) is 0.801. The number of imidazole rings is 2. The van der Waals surface area contributed by atoms with Gasteiger partial charge in [0.1, 0.15) is 65.7 Å². The molecule has 6 amide bonds. The Kier molecular flexibility index (Phi) is 23.6. The molecule has 0 radical (unpaired) electrons. The number of alkyl halides is 5. The van der Waals surface area contributed by atoms with E-state index in [2.05, 4.69) is 84.9 Å². The molecule has 8 aromatic heterocycles. The van der Waals surface area contributed by atoms with E-state index in [4.69, 9.17) is 38.4 Å². The Hall–Kier alpha value is -12.4. The van der Waals surface area contributed by atoms with E-state index < -0.39 is 108 Å². The van der Waals surface area contributed by atoms with Crippen LogP contribution in [0.4, 0.5) is 45.0 Å². The van der Waals surface area contributed by atoms with Gasteiger partial charge >= 0.3 is 11.4 Å². The third-order valence-electron chi connectivity index (χ3n) is 28.3. The van der Waals surface area contributed by atoms with Gasteiger partial charge in [0.05, 0.1) is 132 Å². The number of amides is 6. The number of ether oxygens (including phenoxy) is 6. The summed E-state index contributed by atoms with van der Waals surface area (Å²) in [5.74, 6) is 11.0. The lowest BCUT2D eigenvalue weighted by Gasteiger charge is -2.45. The molecule has 10 aliphatic rings. The Morgan fingerprint density at radius 3 is 1.66 bits per heavy atom. The second kappa shape index (κ2) is 35.7. The number of aromatic nitrogens is 14. The van der Waals surface area contributed by atoms with E-state index in [1.807, 2.05) is 6.07 Å². The van der Waals surface area contributed by atoms with Crippen LogP contribution in [-0.2, 0) is 52.2 Å². The lowest BCUT2D eigenvalue weighted by molar-refractivity contribution is -0.137. The van der Waals surface area contributed by atoms with Crippen LogP contribution in [0.2, 0.25) is 0 Å². The van der Waals surface area contributed by atoms with Gasteiger partial charge in [-0.3, -0.25) is 71.9 Å². The Labute approximate surface area is 745 Å². The highest BCUT2D eigenvalue weighted by molar-refractivity contribution is 6.09. The maximum atomic E-state index is 16.0. The number of likely N-dealkylation sites (tertiary alicyclic amines) is 2. The van der Waals surface area contributed by atoms with E-state index in [0.29, 0.717) is 147 Å². The van der Waals surface area contributed by atoms with Gasteiger partial charge in [-0.2, -0.15) is 20.4 Å². The summed E-state index contributed by atoms with van der Waals surface area (Å²) in [7, 11) is 6.16. The summed E-state index contributed by atoms with van der Waals surface area (Å²) in [6, 6.07) is 7.68. The first kappa shape index (κ1) is 86.6. The number of hydrogen-bond donors (Lipinski definition) is 4. The number of imide groups is 2. The van der Waals surface area contributed by atoms with Crippen molar-refractivity contribution >= 4 is 91.8 Å². The Balaban J connectivity index is 0.488. The van der Waals surface area contributed by atoms with Crippen LogP contribution < -0.4 is 51.9 Å². The fraction of sp³-hybridized carbons (Fsp3) is 0.533. The maximum Gasteiger partial charge on any atom is 0.329 e. The van der Waals surface area contributed by atoms with E-state index in [9.17, 15) is 38.4 Å². The molecule has 4 bridgehead atoms. The SMILES string of the molecule is COc1ccc2c(c1C#CCOC1CCN(C[C@@H]3CC[C@@H](n4cc(NC(=O)c5cnn6ccc(N7C[C@H]8C[C@@H]7CO8)nc56)c(C(F)F)n4)C(C4O[C@@H]5C[C@H]4N(c4ccn6ncc(C(=O)Nc7cn(C8CCC(CN9CC[C@@H](OCC#Cc%10c(OC)ccc%11c%10n(C)c(=O)n%11C%10CCC(=O)NC%10=O)[C@@H](F)C9)CC8)nc7C(F)F)c6n4)C5)C3)CC1)n(C)c(=O)n2C1CCC(=O)NC1=O. The first-order chi connectivity index (χ1) is 63.5. The number of halogens is 5. The first-order valence-electron chi connectivity index (χ1n) is 44.9. The van der Waals surface area contributed by atoms with Gasteiger partial charge in [0, 0.05) is 110 Å². The summed E-state index contributed by atoms with van der Waals surface area (Å²) in [5, 5.41) is 28.0. The minimum absolute atomic E-state index is 0.0186. The summed E-state index contributed by atoms with van der Waals surface area (Å²) < 4.78 is 125. The van der Waals surface area contributed by atoms with Crippen LogP contribution in [0.25, 0.3) is 33.4 Å². The highest BCUT2D eigenvalue weighted by atomic mass is 19.3. The van der Waals surface area contributed by atoms with Gasteiger partial charge in [-0.1, -0.05) is 23.7 Å². The van der Waals surface area contributed by atoms with Gasteiger partial charge in [-0.05, 0) is 138 Å². The maximum absolute atomic E-state index is 16.0. The number of fused-ring (bicyclic) bond motifs is 8. The lowest BCUT2D eigenvalue weighted by Crippen LogP contribution is -2.51. The molecule has 2 saturated carbocycles. The van der Waals surface area contributed by atoms with Crippen molar-refractivity contribution in [3.63, 3.8) is 0 Å². The molecule has 8 aliphatic heterocycles. The first-order valence-corrected chi connectivity index (χ1v) is 44.9. The van der Waals surface area contributed by atoms with Gasteiger partial charge in [0.2, 0.25) is 23.6 Å². The number of nitrogens with one attached hydrogen (secondary N) is 4. The zero-order valence-corrected chi connectivity index (χ0v) is 72.5. The minimum Gasteiger partial charge on any atom is -0.495 e. The number of morpholine rings is 2. The van der Waals surface area contributed by atoms with E-state index in [0.717, 1.165) is 38.9 Å². The molecule has 36 nitrogen and oxygen atoms in total. The Morgan fingerprint density at radius 2 is 1.12 bits per heavy atom. The van der Waals surface area contributed by atoms with Crippen molar-refractivity contribution in [3.05, 3.63) is 128 Å². The van der Waals surface area contributed by atoms with Crippen molar-refractivity contribution in [2.24, 2.45) is 31.8 Å². The number of carbonyl (C=O) groups excluding carboxylic acids is 6. The van der Waals surface area contributed by atoms with E-state index >= 15 is 22.0 Å². The quantitative estimate of drug-likeness (QED) is 0.0273. The van der Waals surface area contributed by atoms with Crippen molar-refractivity contribution < 1.29 is 79.1 Å². The van der Waals surface area contributed by atoms with Gasteiger partial charge < -0.3 is 53.8 Å². The predicted molar refractivity (Wildman–Crippen MR) is 462 cm³/mol. The third kappa shape index (κ3) is 16.5. The van der Waals surface area contributed by atoms with Crippen molar-refractivity contribution in [2.45, 2.75) is 189 Å². The second-order valence-corrected chi connectivity index (χ2v) is 36.0. The van der Waals surface area contributed by atoms with Crippen LogP contribution in [0.3, 0.4) is 0 Å². The molecule has 688 valence electrons. The second-order valence-electron chi connectivity index (χ2n) is 36.0. The fourth-order valence-corrected chi connectivity index (χ4v) is 21.8. The number of hydrogen-bond acceptors (Lipinski definition) is 24. The minimum atomic E-state index is -3.08. The highest BCUT2D eigenvalue weighted by Gasteiger charge is 2.54. The summed E-state index contributed by atoms with van der Waals surface area (Å²) in [6.07, 6.45) is 8.41. The van der Waals surface area contributed by atoms with Crippen LogP contribution >= 0.6 is 0 Å². The molecular weight excluding hydrogens is 1710 g/mol. The molecule has 10 fully saturated rings. The zero-order valence-electron chi connectivity index (χ0n) is 72.5. The van der Waals surface area contributed by atoms with Crippen LogP contribution in [-0.4, -0.2) is 247 Å². The third-order valence-corrected chi connectivity index (χ3v) is 28.3.